The molecule has 0 bridgehead atoms. The van der Waals surface area contributed by atoms with Crippen molar-refractivity contribution in [2.45, 2.75) is 23.7 Å². The Hall–Kier alpha value is -1.55. The van der Waals surface area contributed by atoms with Gasteiger partial charge in [0.15, 0.2) is 0 Å². The molecule has 1 saturated heterocycles. The Labute approximate surface area is 180 Å². The third-order valence-corrected chi connectivity index (χ3v) is 7.94. The van der Waals surface area contributed by atoms with Gasteiger partial charge in [-0.3, -0.25) is 0 Å². The molecule has 0 radical (unpaired) electrons. The maximum atomic E-state index is 12.8. The van der Waals surface area contributed by atoms with Gasteiger partial charge in [-0.05, 0) is 49.2 Å². The molecule has 1 aromatic heterocycles. The highest BCUT2D eigenvalue weighted by atomic mass is 79.9. The third kappa shape index (κ3) is 3.94. The first-order valence-corrected chi connectivity index (χ1v) is 11.8. The molecule has 1 fully saturated rings. The highest BCUT2D eigenvalue weighted by molar-refractivity contribution is 9.10. The van der Waals surface area contributed by atoms with Gasteiger partial charge in [-0.2, -0.15) is 9.29 Å². The van der Waals surface area contributed by atoms with E-state index in [-0.39, 0.29) is 5.92 Å². The van der Waals surface area contributed by atoms with E-state index in [0.717, 1.165) is 14.5 Å². The van der Waals surface area contributed by atoms with Crippen molar-refractivity contribution in [3.8, 4) is 11.4 Å². The summed E-state index contributed by atoms with van der Waals surface area (Å²) in [6.45, 7) is 0.853. The molecule has 6 nitrogen and oxygen atoms in total. The van der Waals surface area contributed by atoms with Gasteiger partial charge in [-0.15, -0.1) is 0 Å². The fraction of sp³-hybridized carbons (Fsp3) is 0.263. The Morgan fingerprint density at radius 2 is 1.68 bits per heavy atom. The molecule has 3 aromatic rings. The van der Waals surface area contributed by atoms with Crippen LogP contribution in [0.15, 0.2) is 66.9 Å². The average Bonchev–Trinajstić information content (AvgIpc) is 3.19. The smallest absolute Gasteiger partial charge is 0.243 e. The zero-order chi connectivity index (χ0) is 19.7. The van der Waals surface area contributed by atoms with E-state index in [2.05, 4.69) is 42.0 Å². The van der Waals surface area contributed by atoms with Crippen molar-refractivity contribution in [1.29, 1.82) is 0 Å². The molecule has 28 heavy (non-hydrogen) atoms. The molecule has 2 heterocycles. The van der Waals surface area contributed by atoms with Crippen LogP contribution in [-0.2, 0) is 10.0 Å². The zero-order valence-electron chi connectivity index (χ0n) is 14.8. The largest absolute Gasteiger partial charge is 0.339 e. The van der Waals surface area contributed by atoms with E-state index in [4.69, 9.17) is 4.52 Å². The van der Waals surface area contributed by atoms with Gasteiger partial charge in [0.1, 0.15) is 0 Å². The predicted octanol–water partition coefficient (Wildman–Crippen LogP) is 4.83. The van der Waals surface area contributed by atoms with Crippen molar-refractivity contribution in [1.82, 2.24) is 14.4 Å². The normalized spacial score (nSPS) is 16.4. The molecule has 2 aromatic carbocycles. The van der Waals surface area contributed by atoms with E-state index >= 15 is 0 Å². The van der Waals surface area contributed by atoms with Gasteiger partial charge in [0.25, 0.3) is 0 Å². The molecule has 1 aliphatic rings. The number of hydrogen-bond acceptors (Lipinski definition) is 5. The highest BCUT2D eigenvalue weighted by Crippen LogP contribution is 2.32. The van der Waals surface area contributed by atoms with Gasteiger partial charge < -0.3 is 4.52 Å². The fourth-order valence-electron chi connectivity index (χ4n) is 3.25. The van der Waals surface area contributed by atoms with Crippen molar-refractivity contribution < 1.29 is 12.9 Å². The number of rotatable bonds is 4. The predicted molar refractivity (Wildman–Crippen MR) is 112 cm³/mol. The van der Waals surface area contributed by atoms with Crippen molar-refractivity contribution in [2.75, 3.05) is 13.1 Å². The summed E-state index contributed by atoms with van der Waals surface area (Å²) in [6, 6.07) is 14.4. The fourth-order valence-corrected chi connectivity index (χ4v) is 5.45. The van der Waals surface area contributed by atoms with E-state index in [9.17, 15) is 8.42 Å². The van der Waals surface area contributed by atoms with Crippen LogP contribution in [0.2, 0.25) is 0 Å². The van der Waals surface area contributed by atoms with Crippen LogP contribution in [0.4, 0.5) is 0 Å². The lowest BCUT2D eigenvalue weighted by molar-refractivity contribution is 0.271. The molecule has 0 aliphatic carbocycles. The Kier molecular flexibility index (Phi) is 5.69. The first-order chi connectivity index (χ1) is 13.4. The minimum Gasteiger partial charge on any atom is -0.339 e. The maximum absolute atomic E-state index is 12.8. The molecule has 0 saturated carbocycles. The molecule has 0 spiro atoms. The van der Waals surface area contributed by atoms with Gasteiger partial charge in [-0.1, -0.05) is 49.1 Å². The number of halogens is 2. The first-order valence-electron chi connectivity index (χ1n) is 8.79. The zero-order valence-corrected chi connectivity index (χ0v) is 18.7. The van der Waals surface area contributed by atoms with Crippen LogP contribution in [0.1, 0.15) is 24.7 Å². The quantitative estimate of drug-likeness (QED) is 0.486. The molecule has 0 N–H and O–H groups in total. The number of nitrogens with zero attached hydrogens (tertiary/aromatic N) is 3. The van der Waals surface area contributed by atoms with Crippen molar-refractivity contribution in [3.05, 3.63) is 63.4 Å². The summed E-state index contributed by atoms with van der Waals surface area (Å²) < 4.78 is 34.4. The molecule has 9 heteroatoms. The average molecular weight is 527 g/mol. The minimum atomic E-state index is -3.49. The molecule has 4 rings (SSSR count). The summed E-state index contributed by atoms with van der Waals surface area (Å²) in [6.07, 6.45) is 1.29. The van der Waals surface area contributed by atoms with Crippen LogP contribution in [0.3, 0.4) is 0 Å². The molecule has 1 aliphatic heterocycles. The Morgan fingerprint density at radius 1 is 1.00 bits per heavy atom. The van der Waals surface area contributed by atoms with Crippen molar-refractivity contribution in [3.63, 3.8) is 0 Å². The second-order valence-electron chi connectivity index (χ2n) is 6.57. The second-order valence-corrected chi connectivity index (χ2v) is 10.3. The molecule has 0 atom stereocenters. The van der Waals surface area contributed by atoms with Crippen molar-refractivity contribution in [2.24, 2.45) is 0 Å². The van der Waals surface area contributed by atoms with E-state index in [1.165, 1.54) is 4.31 Å². The SMILES string of the molecule is O=S(=O)(c1ccc(Br)cc1)N1CCC(c2nc(-c3ccccc3Br)no2)CC1. The molecular formula is C19H17Br2N3O3S. The van der Waals surface area contributed by atoms with Gasteiger partial charge in [0.05, 0.1) is 4.90 Å². The molecule has 0 unspecified atom stereocenters. The second kappa shape index (κ2) is 8.06. The Balaban J connectivity index is 1.46. The summed E-state index contributed by atoms with van der Waals surface area (Å²) in [4.78, 5) is 4.85. The van der Waals surface area contributed by atoms with Gasteiger partial charge in [0, 0.05) is 33.5 Å². The summed E-state index contributed by atoms with van der Waals surface area (Å²) in [5.41, 5.74) is 0.868. The van der Waals surface area contributed by atoms with Crippen LogP contribution >= 0.6 is 31.9 Å². The molecule has 146 valence electrons. The van der Waals surface area contributed by atoms with Gasteiger partial charge in [-0.25, -0.2) is 8.42 Å². The monoisotopic (exact) mass is 525 g/mol. The number of piperidine rings is 1. The van der Waals surface area contributed by atoms with Gasteiger partial charge >= 0.3 is 0 Å². The summed E-state index contributed by atoms with van der Waals surface area (Å²) >= 11 is 6.83. The van der Waals surface area contributed by atoms with Crippen LogP contribution in [0, 0.1) is 0 Å². The molecular weight excluding hydrogens is 510 g/mol. The van der Waals surface area contributed by atoms with Crippen LogP contribution in [-0.4, -0.2) is 36.0 Å². The Bertz CT molecular complexity index is 1080. The standard InChI is InChI=1S/C19H17Br2N3O3S/c20-14-5-7-15(8-6-14)28(25,26)24-11-9-13(10-12-24)19-22-18(23-27-19)16-3-1-2-4-17(16)21/h1-8,13H,9-12H2. The lowest BCUT2D eigenvalue weighted by Crippen LogP contribution is -2.37. The Morgan fingerprint density at radius 3 is 2.36 bits per heavy atom. The summed E-state index contributed by atoms with van der Waals surface area (Å²) in [5.74, 6) is 1.15. The number of aromatic nitrogens is 2. The van der Waals surface area contributed by atoms with Crippen LogP contribution in [0.5, 0.6) is 0 Å². The van der Waals surface area contributed by atoms with Crippen LogP contribution in [0.25, 0.3) is 11.4 Å². The van der Waals surface area contributed by atoms with Crippen LogP contribution < -0.4 is 0 Å². The maximum Gasteiger partial charge on any atom is 0.243 e. The lowest BCUT2D eigenvalue weighted by atomic mass is 9.98. The number of sulfonamides is 1. The topological polar surface area (TPSA) is 76.3 Å². The minimum absolute atomic E-state index is 0.0557. The third-order valence-electron chi connectivity index (χ3n) is 4.81. The number of hydrogen-bond donors (Lipinski definition) is 0. The van der Waals surface area contributed by atoms with Gasteiger partial charge in [0.2, 0.25) is 21.7 Å². The number of benzene rings is 2. The van der Waals surface area contributed by atoms with Crippen molar-refractivity contribution >= 4 is 41.9 Å². The highest BCUT2D eigenvalue weighted by Gasteiger charge is 2.32. The molecule has 0 amide bonds. The van der Waals surface area contributed by atoms with E-state index in [1.54, 1.807) is 24.3 Å². The van der Waals surface area contributed by atoms with E-state index in [1.807, 2.05) is 24.3 Å². The van der Waals surface area contributed by atoms with E-state index in [0.29, 0.717) is 42.5 Å². The summed E-state index contributed by atoms with van der Waals surface area (Å²) in [7, 11) is -3.49. The first kappa shape index (κ1) is 19.8. The van der Waals surface area contributed by atoms with E-state index < -0.39 is 10.0 Å². The lowest BCUT2D eigenvalue weighted by Gasteiger charge is -2.29. The summed E-state index contributed by atoms with van der Waals surface area (Å²) in [5, 5.41) is 4.09.